The van der Waals surface area contributed by atoms with Crippen LogP contribution in [0.5, 0.6) is 0 Å². The Bertz CT molecular complexity index is 300. The zero-order valence-corrected chi connectivity index (χ0v) is 7.05. The molecule has 4 heteroatoms. The molecule has 0 saturated carbocycles. The summed E-state index contributed by atoms with van der Waals surface area (Å²) in [5, 5.41) is 0.0373. The number of hydrogen-bond acceptors (Lipinski definition) is 1. The molecule has 1 aromatic carbocycles. The summed E-state index contributed by atoms with van der Waals surface area (Å²) in [5.41, 5.74) is 5.86. The van der Waals surface area contributed by atoms with Crippen LogP contribution in [0, 0.1) is 5.82 Å². The number of thiocarbonyl (C=S) groups is 1. The Morgan fingerprint density at radius 3 is 2.64 bits per heavy atom. The predicted octanol–water partition coefficient (Wildman–Crippen LogP) is 2.11. The highest BCUT2D eigenvalue weighted by Crippen LogP contribution is 2.15. The number of halogens is 2. The van der Waals surface area contributed by atoms with E-state index in [4.69, 9.17) is 17.3 Å². The number of nitrogens with two attached hydrogens (primary N) is 1. The number of rotatable bonds is 1. The monoisotopic (exact) mass is 189 g/mol. The maximum atomic E-state index is 12.5. The second-order valence-electron chi connectivity index (χ2n) is 1.99. The quantitative estimate of drug-likeness (QED) is 0.685. The molecule has 1 aromatic rings. The van der Waals surface area contributed by atoms with E-state index in [1.165, 1.54) is 18.2 Å². The largest absolute Gasteiger partial charge is 0.389 e. The van der Waals surface area contributed by atoms with Gasteiger partial charge in [-0.3, -0.25) is 0 Å². The van der Waals surface area contributed by atoms with E-state index >= 15 is 0 Å². The predicted molar refractivity (Wildman–Crippen MR) is 47.3 cm³/mol. The van der Waals surface area contributed by atoms with Crippen molar-refractivity contribution in [1.82, 2.24) is 0 Å². The van der Waals surface area contributed by atoms with Crippen molar-refractivity contribution in [3.63, 3.8) is 0 Å². The van der Waals surface area contributed by atoms with Crippen LogP contribution in [0.1, 0.15) is 5.56 Å². The van der Waals surface area contributed by atoms with E-state index in [0.29, 0.717) is 5.56 Å². The molecule has 1 nitrogen and oxygen atoms in total. The Kier molecular flexibility index (Phi) is 2.42. The molecule has 0 heterocycles. The molecule has 58 valence electrons. The molecule has 1 rings (SSSR count). The summed E-state index contributed by atoms with van der Waals surface area (Å²) in [6.45, 7) is 0. The van der Waals surface area contributed by atoms with Gasteiger partial charge < -0.3 is 5.73 Å². The lowest BCUT2D eigenvalue weighted by molar-refractivity contribution is 0.628. The summed E-state index contributed by atoms with van der Waals surface area (Å²) in [5.74, 6) is -0.466. The van der Waals surface area contributed by atoms with Crippen molar-refractivity contribution in [2.45, 2.75) is 0 Å². The van der Waals surface area contributed by atoms with Gasteiger partial charge in [0.2, 0.25) is 0 Å². The van der Waals surface area contributed by atoms with Crippen molar-refractivity contribution in [2.75, 3.05) is 0 Å². The number of benzene rings is 1. The van der Waals surface area contributed by atoms with Gasteiger partial charge in [0.15, 0.2) is 0 Å². The second-order valence-corrected chi connectivity index (χ2v) is 2.84. The topological polar surface area (TPSA) is 26.0 Å². The van der Waals surface area contributed by atoms with Crippen LogP contribution in [-0.4, -0.2) is 4.99 Å². The smallest absolute Gasteiger partial charge is 0.141 e. The van der Waals surface area contributed by atoms with Crippen molar-refractivity contribution in [2.24, 2.45) is 5.73 Å². The first-order valence-electron chi connectivity index (χ1n) is 2.86. The van der Waals surface area contributed by atoms with Crippen molar-refractivity contribution >= 4 is 28.8 Å². The molecule has 0 aliphatic rings. The maximum absolute atomic E-state index is 12.5. The van der Waals surface area contributed by atoms with Gasteiger partial charge in [-0.2, -0.15) is 0 Å². The van der Waals surface area contributed by atoms with E-state index < -0.39 is 5.82 Å². The van der Waals surface area contributed by atoms with Crippen molar-refractivity contribution in [3.05, 3.63) is 34.6 Å². The zero-order valence-electron chi connectivity index (χ0n) is 5.47. The van der Waals surface area contributed by atoms with Crippen molar-refractivity contribution in [1.29, 1.82) is 0 Å². The molecule has 11 heavy (non-hydrogen) atoms. The highest BCUT2D eigenvalue weighted by molar-refractivity contribution is 7.80. The fourth-order valence-corrected chi connectivity index (χ4v) is 0.957. The van der Waals surface area contributed by atoms with Crippen LogP contribution >= 0.6 is 23.8 Å². The molecule has 0 fully saturated rings. The van der Waals surface area contributed by atoms with Gasteiger partial charge in [-0.25, -0.2) is 4.39 Å². The fraction of sp³-hybridized carbons (Fsp3) is 0. The molecule has 0 atom stereocenters. The Morgan fingerprint density at radius 1 is 1.55 bits per heavy atom. The highest BCUT2D eigenvalue weighted by atomic mass is 35.5. The van der Waals surface area contributed by atoms with Crippen LogP contribution in [0.4, 0.5) is 4.39 Å². The third-order valence-electron chi connectivity index (χ3n) is 1.20. The molecule has 2 N–H and O–H groups in total. The minimum atomic E-state index is -0.466. The van der Waals surface area contributed by atoms with Crippen LogP contribution in [0.2, 0.25) is 5.02 Å². The highest BCUT2D eigenvalue weighted by Gasteiger charge is 2.01. The summed E-state index contributed by atoms with van der Waals surface area (Å²) in [7, 11) is 0. The van der Waals surface area contributed by atoms with E-state index in [-0.39, 0.29) is 10.0 Å². The van der Waals surface area contributed by atoms with Gasteiger partial charge in [0.25, 0.3) is 0 Å². The third kappa shape index (κ3) is 1.88. The minimum Gasteiger partial charge on any atom is -0.389 e. The first-order valence-corrected chi connectivity index (χ1v) is 3.65. The molecule has 0 radical (unpaired) electrons. The van der Waals surface area contributed by atoms with Gasteiger partial charge in [-0.05, 0) is 18.2 Å². The molecule has 0 aromatic heterocycles. The summed E-state index contributed by atoms with van der Waals surface area (Å²) in [6, 6.07) is 4.12. The Balaban J connectivity index is 3.15. The van der Waals surface area contributed by atoms with Gasteiger partial charge in [-0.15, -0.1) is 0 Å². The van der Waals surface area contributed by atoms with E-state index in [0.717, 1.165) is 0 Å². The van der Waals surface area contributed by atoms with Crippen molar-refractivity contribution in [3.8, 4) is 0 Å². The van der Waals surface area contributed by atoms with Crippen LogP contribution < -0.4 is 5.73 Å². The third-order valence-corrected chi connectivity index (χ3v) is 1.73. The summed E-state index contributed by atoms with van der Waals surface area (Å²) in [4.78, 5) is 0.215. The van der Waals surface area contributed by atoms with E-state index in [2.05, 4.69) is 12.2 Å². The summed E-state index contributed by atoms with van der Waals surface area (Å²) in [6.07, 6.45) is 0. The molecule has 0 saturated heterocycles. The molecule has 0 aliphatic carbocycles. The second kappa shape index (κ2) is 3.15. The van der Waals surface area contributed by atoms with Crippen LogP contribution in [0.15, 0.2) is 18.2 Å². The van der Waals surface area contributed by atoms with Crippen LogP contribution in [0.25, 0.3) is 0 Å². The fourth-order valence-electron chi connectivity index (χ4n) is 0.649. The van der Waals surface area contributed by atoms with E-state index in [9.17, 15) is 4.39 Å². The Labute approximate surface area is 74.0 Å². The summed E-state index contributed by atoms with van der Waals surface area (Å²) < 4.78 is 12.5. The molecule has 0 spiro atoms. The van der Waals surface area contributed by atoms with Crippen LogP contribution in [0.3, 0.4) is 0 Å². The van der Waals surface area contributed by atoms with Gasteiger partial charge in [-0.1, -0.05) is 23.8 Å². The maximum Gasteiger partial charge on any atom is 0.141 e. The SMILES string of the molecule is NC(=S)c1ccc(F)c(Cl)c1. The van der Waals surface area contributed by atoms with Crippen molar-refractivity contribution < 1.29 is 4.39 Å². The lowest BCUT2D eigenvalue weighted by Crippen LogP contribution is -2.09. The Hall–Kier alpha value is -0.670. The standard InChI is InChI=1S/C7H5ClFNS/c8-5-3-4(7(10)11)1-2-6(5)9/h1-3H,(H2,10,11). The number of hydrogen-bond donors (Lipinski definition) is 1. The average molecular weight is 190 g/mol. The first kappa shape index (κ1) is 8.43. The Morgan fingerprint density at radius 2 is 2.18 bits per heavy atom. The van der Waals surface area contributed by atoms with Gasteiger partial charge in [0.05, 0.1) is 5.02 Å². The molecule has 0 aliphatic heterocycles. The van der Waals surface area contributed by atoms with Gasteiger partial charge in [0, 0.05) is 5.56 Å². The van der Waals surface area contributed by atoms with E-state index in [1.54, 1.807) is 0 Å². The molecular formula is C7H5ClFNS. The zero-order chi connectivity index (χ0) is 8.43. The lowest BCUT2D eigenvalue weighted by atomic mass is 10.2. The average Bonchev–Trinajstić information content (AvgIpc) is 1.94. The molecule has 0 unspecified atom stereocenters. The summed E-state index contributed by atoms with van der Waals surface area (Å²) >= 11 is 10.1. The normalized spacial score (nSPS) is 9.64. The molecule has 0 amide bonds. The minimum absolute atomic E-state index is 0.0373. The molecule has 0 bridgehead atoms. The van der Waals surface area contributed by atoms with Gasteiger partial charge in [0.1, 0.15) is 10.8 Å². The lowest BCUT2D eigenvalue weighted by Gasteiger charge is -1.98. The van der Waals surface area contributed by atoms with Crippen LogP contribution in [-0.2, 0) is 0 Å². The molecular weight excluding hydrogens is 185 g/mol. The van der Waals surface area contributed by atoms with E-state index in [1.807, 2.05) is 0 Å². The van der Waals surface area contributed by atoms with Gasteiger partial charge >= 0.3 is 0 Å². The first-order chi connectivity index (χ1) is 5.11.